The number of benzene rings is 2. The van der Waals surface area contributed by atoms with Gasteiger partial charge >= 0.3 is 0 Å². The smallest absolute Gasteiger partial charge is 0.243 e. The highest BCUT2D eigenvalue weighted by Crippen LogP contribution is 2.38. The first-order valence-electron chi connectivity index (χ1n) is 9.77. The van der Waals surface area contributed by atoms with Crippen molar-refractivity contribution in [3.63, 3.8) is 0 Å². The first-order valence-corrected chi connectivity index (χ1v) is 12.6. The van der Waals surface area contributed by atoms with Gasteiger partial charge in [0.25, 0.3) is 0 Å². The van der Waals surface area contributed by atoms with Crippen molar-refractivity contribution in [3.05, 3.63) is 53.1 Å². The van der Waals surface area contributed by atoms with Crippen molar-refractivity contribution in [1.29, 1.82) is 0 Å². The molecule has 0 aliphatic carbocycles. The van der Waals surface area contributed by atoms with E-state index in [4.69, 9.17) is 11.6 Å². The van der Waals surface area contributed by atoms with Gasteiger partial charge in [-0.15, -0.1) is 11.8 Å². The molecule has 4 rings (SSSR count). The lowest BCUT2D eigenvalue weighted by atomic mass is 10.2. The molecule has 0 aromatic heterocycles. The van der Waals surface area contributed by atoms with Crippen LogP contribution in [0.4, 0.5) is 5.69 Å². The fourth-order valence-electron chi connectivity index (χ4n) is 3.76. The number of thioether (sulfide) groups is 1. The summed E-state index contributed by atoms with van der Waals surface area (Å²) < 4.78 is 28.0. The van der Waals surface area contributed by atoms with Gasteiger partial charge in [0.1, 0.15) is 0 Å². The number of amides is 1. The van der Waals surface area contributed by atoms with Crippen LogP contribution in [-0.2, 0) is 21.4 Å². The Labute approximate surface area is 181 Å². The van der Waals surface area contributed by atoms with Gasteiger partial charge in [-0.2, -0.15) is 4.31 Å². The Bertz CT molecular complexity index is 1020. The minimum atomic E-state index is -3.57. The van der Waals surface area contributed by atoms with Crippen molar-refractivity contribution >= 4 is 45.0 Å². The second-order valence-corrected chi connectivity index (χ2v) is 10.7. The van der Waals surface area contributed by atoms with E-state index in [9.17, 15) is 13.2 Å². The topological polar surface area (TPSA) is 57.7 Å². The number of hydrogen-bond donors (Lipinski definition) is 0. The lowest BCUT2D eigenvalue weighted by Crippen LogP contribution is -2.35. The third-order valence-corrected chi connectivity index (χ3v) is 8.48. The number of anilines is 1. The molecule has 2 heterocycles. The minimum Gasteiger partial charge on any atom is -0.306 e. The van der Waals surface area contributed by atoms with Crippen LogP contribution in [0.25, 0.3) is 0 Å². The summed E-state index contributed by atoms with van der Waals surface area (Å²) in [4.78, 5) is 15.5. The van der Waals surface area contributed by atoms with Crippen LogP contribution in [0.3, 0.4) is 0 Å². The number of carbonyl (C=O) groups is 1. The molecule has 0 spiro atoms. The Hall–Kier alpha value is -1.54. The largest absolute Gasteiger partial charge is 0.306 e. The van der Waals surface area contributed by atoms with Gasteiger partial charge in [0.05, 0.1) is 22.9 Å². The van der Waals surface area contributed by atoms with Gasteiger partial charge in [-0.3, -0.25) is 4.79 Å². The van der Waals surface area contributed by atoms with Crippen LogP contribution >= 0.6 is 23.4 Å². The molecule has 1 fully saturated rings. The summed E-state index contributed by atoms with van der Waals surface area (Å²) in [7, 11) is -3.57. The molecule has 2 aliphatic heterocycles. The van der Waals surface area contributed by atoms with E-state index in [0.29, 0.717) is 36.1 Å². The number of fused-ring (bicyclic) bond motifs is 1. The monoisotopic (exact) mass is 450 g/mol. The zero-order valence-electron chi connectivity index (χ0n) is 16.0. The number of hydrogen-bond acceptors (Lipinski definition) is 4. The minimum absolute atomic E-state index is 0.0354. The van der Waals surface area contributed by atoms with Crippen molar-refractivity contribution in [3.8, 4) is 0 Å². The SMILES string of the molecule is O=C1CSc2ccc(S(=O)(=O)N3CCCCCC3)cc2N1Cc1cccc(Cl)c1. The molecule has 8 heteroatoms. The van der Waals surface area contributed by atoms with Crippen LogP contribution in [0.1, 0.15) is 31.2 Å². The van der Waals surface area contributed by atoms with E-state index in [1.54, 1.807) is 27.4 Å². The summed E-state index contributed by atoms with van der Waals surface area (Å²) in [5.41, 5.74) is 1.56. The van der Waals surface area contributed by atoms with Gasteiger partial charge in [-0.05, 0) is 48.7 Å². The van der Waals surface area contributed by atoms with E-state index in [2.05, 4.69) is 0 Å². The normalized spacial score (nSPS) is 18.4. The van der Waals surface area contributed by atoms with Crippen molar-refractivity contribution in [2.24, 2.45) is 0 Å². The summed E-state index contributed by atoms with van der Waals surface area (Å²) >= 11 is 7.54. The summed E-state index contributed by atoms with van der Waals surface area (Å²) in [6.07, 6.45) is 3.91. The molecule has 2 aromatic carbocycles. The molecule has 0 atom stereocenters. The summed E-state index contributed by atoms with van der Waals surface area (Å²) in [5, 5.41) is 0.610. The van der Waals surface area contributed by atoms with Crippen molar-refractivity contribution in [2.45, 2.75) is 42.0 Å². The quantitative estimate of drug-likeness (QED) is 0.686. The second kappa shape index (κ2) is 8.68. The van der Waals surface area contributed by atoms with Crippen molar-refractivity contribution in [2.75, 3.05) is 23.7 Å². The van der Waals surface area contributed by atoms with Crippen molar-refractivity contribution < 1.29 is 13.2 Å². The van der Waals surface area contributed by atoms with Gasteiger partial charge in [-0.1, -0.05) is 36.6 Å². The van der Waals surface area contributed by atoms with Crippen molar-refractivity contribution in [1.82, 2.24) is 4.31 Å². The lowest BCUT2D eigenvalue weighted by Gasteiger charge is -2.30. The third kappa shape index (κ3) is 4.48. The Kier molecular flexibility index (Phi) is 6.20. The number of nitrogens with zero attached hydrogens (tertiary/aromatic N) is 2. The predicted octanol–water partition coefficient (Wildman–Crippen LogP) is 4.54. The first kappa shape index (κ1) is 20.7. The maximum Gasteiger partial charge on any atom is 0.243 e. The molecule has 5 nitrogen and oxygen atoms in total. The molecular weight excluding hydrogens is 428 g/mol. The first-order chi connectivity index (χ1) is 13.9. The summed E-state index contributed by atoms with van der Waals surface area (Å²) in [6, 6.07) is 12.5. The van der Waals surface area contributed by atoms with E-state index in [1.165, 1.54) is 11.8 Å². The fraction of sp³-hybridized carbons (Fsp3) is 0.381. The molecule has 0 radical (unpaired) electrons. The maximum atomic E-state index is 13.2. The predicted molar refractivity (Wildman–Crippen MR) is 117 cm³/mol. The van der Waals surface area contributed by atoms with Gasteiger partial charge in [0.2, 0.25) is 15.9 Å². The molecule has 2 aliphatic rings. The average molecular weight is 451 g/mol. The molecule has 0 bridgehead atoms. The summed E-state index contributed by atoms with van der Waals surface area (Å²) in [6.45, 7) is 1.47. The van der Waals surface area contributed by atoms with E-state index in [1.807, 2.05) is 24.3 Å². The molecule has 0 N–H and O–H groups in total. The molecule has 29 heavy (non-hydrogen) atoms. The van der Waals surface area contributed by atoms with Crippen LogP contribution in [-0.4, -0.2) is 37.5 Å². The highest BCUT2D eigenvalue weighted by atomic mass is 35.5. The zero-order valence-corrected chi connectivity index (χ0v) is 18.4. The molecule has 0 unspecified atom stereocenters. The fourth-order valence-corrected chi connectivity index (χ4v) is 6.43. The van der Waals surface area contributed by atoms with Crippen LogP contribution in [0.5, 0.6) is 0 Å². The highest BCUT2D eigenvalue weighted by Gasteiger charge is 2.30. The number of rotatable bonds is 4. The molecule has 1 saturated heterocycles. The Morgan fingerprint density at radius 1 is 1.00 bits per heavy atom. The molecule has 154 valence electrons. The standard InChI is InChI=1S/C21H23ClN2O3S2/c22-17-7-5-6-16(12-17)14-24-19-13-18(8-9-20(19)28-15-21(24)25)29(26,27)23-10-3-1-2-4-11-23/h5-9,12-13H,1-4,10-11,14-15H2. The molecule has 0 saturated carbocycles. The maximum absolute atomic E-state index is 13.2. The Morgan fingerprint density at radius 2 is 1.76 bits per heavy atom. The van der Waals surface area contributed by atoms with Gasteiger partial charge in [-0.25, -0.2) is 8.42 Å². The van der Waals surface area contributed by atoms with E-state index in [0.717, 1.165) is 36.1 Å². The summed E-state index contributed by atoms with van der Waals surface area (Å²) in [5.74, 6) is 0.304. The zero-order chi connectivity index (χ0) is 20.4. The highest BCUT2D eigenvalue weighted by molar-refractivity contribution is 8.00. The van der Waals surface area contributed by atoms with Crippen LogP contribution in [0.2, 0.25) is 5.02 Å². The Morgan fingerprint density at radius 3 is 2.48 bits per heavy atom. The number of halogens is 1. The number of sulfonamides is 1. The molecule has 1 amide bonds. The van der Waals surface area contributed by atoms with Gasteiger partial charge < -0.3 is 4.90 Å². The van der Waals surface area contributed by atoms with Crippen LogP contribution in [0.15, 0.2) is 52.3 Å². The second-order valence-electron chi connectivity index (χ2n) is 7.35. The molecular formula is C21H23ClN2O3S2. The van der Waals surface area contributed by atoms with Crippen LogP contribution in [0, 0.1) is 0 Å². The van der Waals surface area contributed by atoms with E-state index in [-0.39, 0.29) is 10.8 Å². The number of carbonyl (C=O) groups excluding carboxylic acids is 1. The van der Waals surface area contributed by atoms with Gasteiger partial charge in [0, 0.05) is 23.0 Å². The molecule has 2 aromatic rings. The average Bonchev–Trinajstić information content (AvgIpc) is 3.00. The van der Waals surface area contributed by atoms with Gasteiger partial charge in [0.15, 0.2) is 0 Å². The van der Waals surface area contributed by atoms with E-state index >= 15 is 0 Å². The lowest BCUT2D eigenvalue weighted by molar-refractivity contribution is -0.116. The van der Waals surface area contributed by atoms with Crippen LogP contribution < -0.4 is 4.90 Å². The van der Waals surface area contributed by atoms with E-state index < -0.39 is 10.0 Å². The third-order valence-electron chi connectivity index (χ3n) is 5.31. The Balaban J connectivity index is 1.68.